The molecule has 0 heterocycles. The molecule has 0 amide bonds. The monoisotopic (exact) mass is 175 g/mol. The average Bonchev–Trinajstić information content (AvgIpc) is 2.17. The van der Waals surface area contributed by atoms with Gasteiger partial charge in [-0.25, -0.2) is 0 Å². The molecule has 0 saturated carbocycles. The molecule has 2 rings (SSSR count). The quantitative estimate of drug-likeness (QED) is 0.453. The molecule has 0 bridgehead atoms. The summed E-state index contributed by atoms with van der Waals surface area (Å²) in [5, 5.41) is 10.6. The van der Waals surface area contributed by atoms with Crippen LogP contribution in [0.3, 0.4) is 0 Å². The Morgan fingerprint density at radius 3 is 3.00 bits per heavy atom. The molecule has 0 aromatic carbocycles. The van der Waals surface area contributed by atoms with E-state index in [1.165, 1.54) is 0 Å². The number of allylic oxidation sites excluding steroid dienone is 7. The molecule has 2 aliphatic carbocycles. The van der Waals surface area contributed by atoms with Crippen molar-refractivity contribution in [3.63, 3.8) is 0 Å². The first kappa shape index (κ1) is 7.98. The highest BCUT2D eigenvalue weighted by molar-refractivity contribution is 5.41. The molecule has 0 aromatic heterocycles. The molecule has 1 atom stereocenters. The summed E-state index contributed by atoms with van der Waals surface area (Å²) in [5.41, 5.74) is 1.06. The Labute approximate surface area is 75.9 Å². The van der Waals surface area contributed by atoms with Gasteiger partial charge in [0.1, 0.15) is 0 Å². The number of rotatable bonds is 1. The van der Waals surface area contributed by atoms with Crippen LogP contribution in [0.2, 0.25) is 0 Å². The van der Waals surface area contributed by atoms with Gasteiger partial charge in [-0.2, -0.15) is 0 Å². The maximum absolute atomic E-state index is 10.6. The Balaban J connectivity index is 2.42. The molecule has 0 spiro atoms. The molecule has 66 valence electrons. The molecule has 3 heteroatoms. The van der Waals surface area contributed by atoms with Gasteiger partial charge in [0, 0.05) is 17.6 Å². The van der Waals surface area contributed by atoms with Gasteiger partial charge in [-0.15, -0.1) is 0 Å². The lowest BCUT2D eigenvalue weighted by atomic mass is 9.86. The van der Waals surface area contributed by atoms with E-state index in [0.29, 0.717) is 0 Å². The third kappa shape index (κ3) is 1.33. The van der Waals surface area contributed by atoms with Crippen molar-refractivity contribution >= 4 is 0 Å². The summed E-state index contributed by atoms with van der Waals surface area (Å²) in [6.45, 7) is 0. The van der Waals surface area contributed by atoms with Gasteiger partial charge >= 0.3 is 0 Å². The van der Waals surface area contributed by atoms with E-state index in [2.05, 4.69) is 0 Å². The molecule has 3 nitrogen and oxygen atoms in total. The minimum Gasteiger partial charge on any atom is -0.258 e. The maximum atomic E-state index is 10.6. The van der Waals surface area contributed by atoms with Crippen LogP contribution in [0, 0.1) is 16.0 Å². The van der Waals surface area contributed by atoms with E-state index in [0.717, 1.165) is 12.0 Å². The predicted molar refractivity (Wildman–Crippen MR) is 49.5 cm³/mol. The summed E-state index contributed by atoms with van der Waals surface area (Å²) in [5.74, 6) is 0.204. The first-order chi connectivity index (χ1) is 6.29. The van der Waals surface area contributed by atoms with Crippen molar-refractivity contribution < 1.29 is 4.92 Å². The van der Waals surface area contributed by atoms with Gasteiger partial charge in [-0.1, -0.05) is 30.4 Å². The van der Waals surface area contributed by atoms with Gasteiger partial charge in [-0.3, -0.25) is 10.1 Å². The zero-order valence-electron chi connectivity index (χ0n) is 7.01. The predicted octanol–water partition coefficient (Wildman–Crippen LogP) is 2.22. The van der Waals surface area contributed by atoms with Crippen molar-refractivity contribution in [2.24, 2.45) is 5.92 Å². The van der Waals surface area contributed by atoms with Crippen LogP contribution >= 0.6 is 0 Å². The Kier molecular flexibility index (Phi) is 1.85. The molecule has 0 saturated heterocycles. The number of hydrogen-bond acceptors (Lipinski definition) is 2. The summed E-state index contributed by atoms with van der Waals surface area (Å²) >= 11 is 0. The fourth-order valence-electron chi connectivity index (χ4n) is 1.65. The van der Waals surface area contributed by atoms with E-state index in [1.54, 1.807) is 12.2 Å². The SMILES string of the molecule is O=[N+]([O-])C1=CC=CC2CC=CC=C12. The maximum Gasteiger partial charge on any atom is 0.273 e. The topological polar surface area (TPSA) is 43.1 Å². The van der Waals surface area contributed by atoms with Crippen molar-refractivity contribution in [1.29, 1.82) is 0 Å². The first-order valence-electron chi connectivity index (χ1n) is 4.19. The lowest BCUT2D eigenvalue weighted by Crippen LogP contribution is -2.13. The van der Waals surface area contributed by atoms with E-state index in [9.17, 15) is 10.1 Å². The molecule has 0 aliphatic heterocycles. The molecule has 0 radical (unpaired) electrons. The zero-order valence-corrected chi connectivity index (χ0v) is 7.01. The van der Waals surface area contributed by atoms with Gasteiger partial charge in [0.15, 0.2) is 0 Å². The molecule has 0 fully saturated rings. The Morgan fingerprint density at radius 1 is 1.38 bits per heavy atom. The molecule has 2 aliphatic rings. The van der Waals surface area contributed by atoms with Crippen molar-refractivity contribution in [1.82, 2.24) is 0 Å². The largest absolute Gasteiger partial charge is 0.273 e. The Morgan fingerprint density at radius 2 is 2.23 bits per heavy atom. The summed E-state index contributed by atoms with van der Waals surface area (Å²) in [7, 11) is 0. The van der Waals surface area contributed by atoms with Crippen LogP contribution in [-0.2, 0) is 0 Å². The second kappa shape index (κ2) is 3.01. The summed E-state index contributed by atoms with van der Waals surface area (Å²) in [6, 6.07) is 0. The lowest BCUT2D eigenvalue weighted by molar-refractivity contribution is -0.421. The van der Waals surface area contributed by atoms with E-state index in [1.807, 2.05) is 24.3 Å². The van der Waals surface area contributed by atoms with Crippen LogP contribution in [-0.4, -0.2) is 4.92 Å². The van der Waals surface area contributed by atoms with Crippen LogP contribution < -0.4 is 0 Å². The molecular weight excluding hydrogens is 166 g/mol. The number of fused-ring (bicyclic) bond motifs is 1. The van der Waals surface area contributed by atoms with Crippen LogP contribution in [0.4, 0.5) is 0 Å². The molecule has 0 aromatic rings. The second-order valence-corrected chi connectivity index (χ2v) is 3.09. The first-order valence-corrected chi connectivity index (χ1v) is 4.19. The zero-order chi connectivity index (χ0) is 9.26. The van der Waals surface area contributed by atoms with Crippen LogP contribution in [0.25, 0.3) is 0 Å². The molecule has 0 N–H and O–H groups in total. The van der Waals surface area contributed by atoms with Crippen LogP contribution in [0.1, 0.15) is 6.42 Å². The molecule has 1 unspecified atom stereocenters. The highest BCUT2D eigenvalue weighted by Crippen LogP contribution is 2.31. The third-order valence-electron chi connectivity index (χ3n) is 2.29. The minimum absolute atomic E-state index is 0.204. The normalized spacial score (nSPS) is 24.8. The highest BCUT2D eigenvalue weighted by atomic mass is 16.6. The van der Waals surface area contributed by atoms with Gasteiger partial charge in [0.2, 0.25) is 0 Å². The van der Waals surface area contributed by atoms with E-state index < -0.39 is 0 Å². The van der Waals surface area contributed by atoms with Crippen LogP contribution in [0.15, 0.2) is 47.7 Å². The number of hydrogen-bond donors (Lipinski definition) is 0. The number of nitro groups is 1. The lowest BCUT2D eigenvalue weighted by Gasteiger charge is -2.18. The van der Waals surface area contributed by atoms with Crippen LogP contribution in [0.5, 0.6) is 0 Å². The van der Waals surface area contributed by atoms with Crippen molar-refractivity contribution in [2.75, 3.05) is 0 Å². The van der Waals surface area contributed by atoms with Gasteiger partial charge in [0.25, 0.3) is 5.70 Å². The van der Waals surface area contributed by atoms with E-state index in [-0.39, 0.29) is 16.5 Å². The van der Waals surface area contributed by atoms with Crippen molar-refractivity contribution in [2.45, 2.75) is 6.42 Å². The minimum atomic E-state index is -0.318. The fourth-order valence-corrected chi connectivity index (χ4v) is 1.65. The van der Waals surface area contributed by atoms with Gasteiger partial charge in [0.05, 0.1) is 4.92 Å². The average molecular weight is 175 g/mol. The second-order valence-electron chi connectivity index (χ2n) is 3.09. The highest BCUT2D eigenvalue weighted by Gasteiger charge is 2.26. The van der Waals surface area contributed by atoms with Crippen molar-refractivity contribution in [3.8, 4) is 0 Å². The Bertz CT molecular complexity index is 361. The van der Waals surface area contributed by atoms with Crippen molar-refractivity contribution in [3.05, 3.63) is 57.8 Å². The van der Waals surface area contributed by atoms with Gasteiger partial charge in [-0.05, 0) is 6.42 Å². The Hall–Kier alpha value is -1.64. The summed E-state index contributed by atoms with van der Waals surface area (Å²) in [6.07, 6.45) is 11.9. The molecule has 13 heavy (non-hydrogen) atoms. The summed E-state index contributed by atoms with van der Waals surface area (Å²) < 4.78 is 0. The van der Waals surface area contributed by atoms with E-state index >= 15 is 0 Å². The smallest absolute Gasteiger partial charge is 0.258 e. The number of nitrogens with zero attached hydrogens (tertiary/aromatic N) is 1. The summed E-state index contributed by atoms with van der Waals surface area (Å²) in [4.78, 5) is 10.3. The molecular formula is C10H9NO2. The van der Waals surface area contributed by atoms with E-state index in [4.69, 9.17) is 0 Å². The van der Waals surface area contributed by atoms with Gasteiger partial charge < -0.3 is 0 Å². The standard InChI is InChI=1S/C10H9NO2/c12-11(13)10-7-3-5-8-4-1-2-6-9(8)10/h1-3,5-8H,4H2. The third-order valence-corrected chi connectivity index (χ3v) is 2.29. The fraction of sp³-hybridized carbons (Fsp3) is 0.200.